The molecule has 0 aromatic rings. The highest BCUT2D eigenvalue weighted by molar-refractivity contribution is 7.99. The molecule has 2 N–H and O–H groups in total. The lowest BCUT2D eigenvalue weighted by Gasteiger charge is -2.19. The van der Waals surface area contributed by atoms with Crippen molar-refractivity contribution in [3.8, 4) is 0 Å². The standard InChI is InChI=1S/C54H103NO7S/c1-4-7-10-13-16-19-22-25-28-31-34-37-40-43-51(56)55-50(54(59)60)48-63-47-49(62-53(58)45-42-39-36-33-30-27-24-21-18-15-12-9-6-3)46-61-52(57)44-41-38-35-32-29-26-23-20-17-14-11-8-5-2/h49-50H,4-48H2,1-3H3,(H,55,56)(H,59,60)/t49-,50?/m0/s1. The van der Waals surface area contributed by atoms with Crippen LogP contribution in [0.4, 0.5) is 0 Å². The number of unbranched alkanes of at least 4 members (excludes halogenated alkanes) is 36. The van der Waals surface area contributed by atoms with Crippen molar-refractivity contribution in [1.29, 1.82) is 0 Å². The molecule has 0 heterocycles. The van der Waals surface area contributed by atoms with Gasteiger partial charge in [0.25, 0.3) is 0 Å². The van der Waals surface area contributed by atoms with Crippen LogP contribution in [0.1, 0.15) is 290 Å². The molecular formula is C54H103NO7S. The van der Waals surface area contributed by atoms with Gasteiger partial charge in [-0.25, -0.2) is 4.79 Å². The highest BCUT2D eigenvalue weighted by atomic mass is 32.2. The first-order chi connectivity index (χ1) is 30.8. The van der Waals surface area contributed by atoms with Gasteiger partial charge in [0.2, 0.25) is 5.91 Å². The van der Waals surface area contributed by atoms with Crippen LogP contribution in [-0.4, -0.2) is 59.2 Å². The van der Waals surface area contributed by atoms with E-state index in [2.05, 4.69) is 26.1 Å². The highest BCUT2D eigenvalue weighted by Crippen LogP contribution is 2.18. The van der Waals surface area contributed by atoms with Gasteiger partial charge in [0.15, 0.2) is 0 Å². The van der Waals surface area contributed by atoms with Crippen LogP contribution in [-0.2, 0) is 28.7 Å². The molecule has 0 saturated carbocycles. The van der Waals surface area contributed by atoms with E-state index in [1.807, 2.05) is 0 Å². The largest absolute Gasteiger partial charge is 0.480 e. The van der Waals surface area contributed by atoms with E-state index < -0.39 is 18.1 Å². The second-order valence-corrected chi connectivity index (χ2v) is 19.8. The van der Waals surface area contributed by atoms with Crippen molar-refractivity contribution < 1.29 is 33.8 Å². The molecule has 0 rings (SSSR count). The van der Waals surface area contributed by atoms with Gasteiger partial charge >= 0.3 is 17.9 Å². The third kappa shape index (κ3) is 46.6. The zero-order chi connectivity index (χ0) is 46.1. The lowest BCUT2D eigenvalue weighted by Crippen LogP contribution is -2.42. The summed E-state index contributed by atoms with van der Waals surface area (Å²) in [6.45, 7) is 6.72. The monoisotopic (exact) mass is 910 g/mol. The fraction of sp³-hybridized carbons (Fsp3) is 0.926. The molecule has 0 fully saturated rings. The van der Waals surface area contributed by atoms with Gasteiger partial charge < -0.3 is 19.9 Å². The average molecular weight is 910 g/mol. The van der Waals surface area contributed by atoms with E-state index in [-0.39, 0.29) is 36.0 Å². The number of thioether (sulfide) groups is 1. The van der Waals surface area contributed by atoms with Crippen molar-refractivity contribution in [2.24, 2.45) is 0 Å². The first-order valence-electron chi connectivity index (χ1n) is 27.3. The maximum absolute atomic E-state index is 12.9. The van der Waals surface area contributed by atoms with Gasteiger partial charge in [0.05, 0.1) is 0 Å². The Bertz CT molecular complexity index is 1030. The molecule has 0 bridgehead atoms. The summed E-state index contributed by atoms with van der Waals surface area (Å²) in [4.78, 5) is 50.3. The van der Waals surface area contributed by atoms with Crippen LogP contribution in [0.15, 0.2) is 0 Å². The summed E-state index contributed by atoms with van der Waals surface area (Å²) in [6.07, 6.45) is 48.4. The Morgan fingerprint density at radius 2 is 0.714 bits per heavy atom. The first-order valence-corrected chi connectivity index (χ1v) is 28.4. The molecule has 0 spiro atoms. The number of hydrogen-bond acceptors (Lipinski definition) is 7. The number of amides is 1. The molecular weight excluding hydrogens is 807 g/mol. The molecule has 8 nitrogen and oxygen atoms in total. The van der Waals surface area contributed by atoms with E-state index in [1.165, 1.54) is 204 Å². The Morgan fingerprint density at radius 3 is 1.05 bits per heavy atom. The number of nitrogens with one attached hydrogen (secondary N) is 1. The summed E-state index contributed by atoms with van der Waals surface area (Å²) < 4.78 is 11.4. The fourth-order valence-electron chi connectivity index (χ4n) is 8.26. The van der Waals surface area contributed by atoms with Crippen molar-refractivity contribution in [3.63, 3.8) is 0 Å². The Balaban J connectivity index is 4.59. The molecule has 2 atom stereocenters. The van der Waals surface area contributed by atoms with E-state index in [1.54, 1.807) is 0 Å². The molecule has 1 unspecified atom stereocenters. The van der Waals surface area contributed by atoms with Gasteiger partial charge in [-0.2, -0.15) is 11.8 Å². The van der Waals surface area contributed by atoms with Crippen molar-refractivity contribution in [1.82, 2.24) is 5.32 Å². The molecule has 0 aliphatic rings. The summed E-state index contributed by atoms with van der Waals surface area (Å²) in [6, 6.07) is -1.04. The lowest BCUT2D eigenvalue weighted by atomic mass is 10.0. The third-order valence-electron chi connectivity index (χ3n) is 12.4. The predicted molar refractivity (Wildman–Crippen MR) is 269 cm³/mol. The maximum atomic E-state index is 12.9. The van der Waals surface area contributed by atoms with Crippen LogP contribution in [0, 0.1) is 0 Å². The third-order valence-corrected chi connectivity index (χ3v) is 13.6. The van der Waals surface area contributed by atoms with Crippen LogP contribution in [0.5, 0.6) is 0 Å². The molecule has 63 heavy (non-hydrogen) atoms. The van der Waals surface area contributed by atoms with E-state index in [0.717, 1.165) is 57.8 Å². The Kier molecular flexibility index (Phi) is 48.3. The molecule has 0 radical (unpaired) electrons. The number of carboxylic acid groups (broad SMARTS) is 1. The first kappa shape index (κ1) is 61.2. The van der Waals surface area contributed by atoms with Crippen molar-refractivity contribution in [2.45, 2.75) is 303 Å². The number of aliphatic carboxylic acids is 1. The van der Waals surface area contributed by atoms with Gasteiger partial charge in [0.1, 0.15) is 18.8 Å². The van der Waals surface area contributed by atoms with Gasteiger partial charge in [0, 0.05) is 30.8 Å². The van der Waals surface area contributed by atoms with E-state index in [9.17, 15) is 24.3 Å². The number of carbonyl (C=O) groups excluding carboxylic acids is 3. The molecule has 0 aliphatic carbocycles. The molecule has 0 aromatic heterocycles. The second kappa shape index (κ2) is 49.7. The van der Waals surface area contributed by atoms with Crippen LogP contribution >= 0.6 is 11.8 Å². The molecule has 372 valence electrons. The summed E-state index contributed by atoms with van der Waals surface area (Å²) in [5.74, 6) is -1.49. The minimum atomic E-state index is -1.08. The molecule has 9 heteroatoms. The minimum Gasteiger partial charge on any atom is -0.480 e. The van der Waals surface area contributed by atoms with Crippen molar-refractivity contribution in [2.75, 3.05) is 18.1 Å². The predicted octanol–water partition coefficient (Wildman–Crippen LogP) is 16.2. The Hall–Kier alpha value is -1.77. The van der Waals surface area contributed by atoms with Gasteiger partial charge in [-0.1, -0.05) is 252 Å². The van der Waals surface area contributed by atoms with Crippen molar-refractivity contribution >= 4 is 35.6 Å². The number of rotatable bonds is 51. The summed E-state index contributed by atoms with van der Waals surface area (Å²) >= 11 is 1.30. The summed E-state index contributed by atoms with van der Waals surface area (Å²) in [5, 5.41) is 12.6. The lowest BCUT2D eigenvalue weighted by molar-refractivity contribution is -0.157. The summed E-state index contributed by atoms with van der Waals surface area (Å²) in [7, 11) is 0. The normalized spacial score (nSPS) is 12.3. The highest BCUT2D eigenvalue weighted by Gasteiger charge is 2.23. The van der Waals surface area contributed by atoms with Crippen molar-refractivity contribution in [3.05, 3.63) is 0 Å². The van der Waals surface area contributed by atoms with Crippen LogP contribution < -0.4 is 5.32 Å². The van der Waals surface area contributed by atoms with Gasteiger partial charge in [-0.15, -0.1) is 0 Å². The Morgan fingerprint density at radius 1 is 0.413 bits per heavy atom. The smallest absolute Gasteiger partial charge is 0.327 e. The van der Waals surface area contributed by atoms with Crippen LogP contribution in [0.3, 0.4) is 0 Å². The molecule has 1 amide bonds. The average Bonchev–Trinajstić information content (AvgIpc) is 3.27. The number of esters is 2. The Labute approximate surface area is 393 Å². The van der Waals surface area contributed by atoms with E-state index >= 15 is 0 Å². The topological polar surface area (TPSA) is 119 Å². The van der Waals surface area contributed by atoms with E-state index in [4.69, 9.17) is 9.47 Å². The zero-order valence-electron chi connectivity index (χ0n) is 41.8. The molecule has 0 aromatic carbocycles. The fourth-order valence-corrected chi connectivity index (χ4v) is 9.28. The van der Waals surface area contributed by atoms with Gasteiger partial charge in [-0.3, -0.25) is 14.4 Å². The SMILES string of the molecule is CCCCCCCCCCCCCCCC(=O)NC(CSC[C@H](COC(=O)CCCCCCCCCCCCCCC)OC(=O)CCCCCCCCCCCCCCC)C(=O)O. The van der Waals surface area contributed by atoms with E-state index in [0.29, 0.717) is 19.3 Å². The zero-order valence-corrected chi connectivity index (χ0v) is 42.6. The second-order valence-electron chi connectivity index (χ2n) is 18.8. The van der Waals surface area contributed by atoms with Gasteiger partial charge in [-0.05, 0) is 19.3 Å². The number of carboxylic acids is 1. The quantitative estimate of drug-likeness (QED) is 0.0457. The number of ether oxygens (including phenoxy) is 2. The maximum Gasteiger partial charge on any atom is 0.327 e. The van der Waals surface area contributed by atoms with Crippen LogP contribution in [0.2, 0.25) is 0 Å². The number of hydrogen-bond donors (Lipinski definition) is 2. The number of carbonyl (C=O) groups is 4. The summed E-state index contributed by atoms with van der Waals surface area (Å²) in [5.41, 5.74) is 0. The molecule has 0 aliphatic heterocycles. The van der Waals surface area contributed by atoms with Crippen LogP contribution in [0.25, 0.3) is 0 Å². The minimum absolute atomic E-state index is 0.0439. The molecule has 0 saturated heterocycles.